The zero-order chi connectivity index (χ0) is 17.9. The number of carbonyl (C=O) groups is 2. The van der Waals surface area contributed by atoms with Crippen LogP contribution in [-0.4, -0.2) is 35.9 Å². The van der Waals surface area contributed by atoms with E-state index in [0.717, 1.165) is 56.5 Å². The Bertz CT molecular complexity index is 665. The van der Waals surface area contributed by atoms with E-state index in [4.69, 9.17) is 4.74 Å². The van der Waals surface area contributed by atoms with Gasteiger partial charge in [0.05, 0.1) is 17.7 Å². The molecule has 3 fully saturated rings. The first-order valence-corrected chi connectivity index (χ1v) is 10.1. The molecule has 1 N–H and O–H groups in total. The monoisotopic (exact) mass is 356 g/mol. The van der Waals surface area contributed by atoms with E-state index in [1.807, 2.05) is 29.2 Å². The molecule has 5 heteroatoms. The molecule has 5 nitrogen and oxygen atoms in total. The maximum atomic E-state index is 12.8. The van der Waals surface area contributed by atoms with Gasteiger partial charge in [0.25, 0.3) is 0 Å². The zero-order valence-electron chi connectivity index (χ0n) is 15.3. The van der Waals surface area contributed by atoms with Crippen molar-refractivity contribution in [3.8, 4) is 5.75 Å². The molecule has 0 aromatic heterocycles. The lowest BCUT2D eigenvalue weighted by Crippen LogP contribution is -2.44. The van der Waals surface area contributed by atoms with Crippen molar-refractivity contribution in [3.63, 3.8) is 0 Å². The molecule has 1 aromatic carbocycles. The van der Waals surface area contributed by atoms with Gasteiger partial charge in [0, 0.05) is 19.0 Å². The molecule has 0 spiro atoms. The molecule has 2 aliphatic carbocycles. The summed E-state index contributed by atoms with van der Waals surface area (Å²) in [5.41, 5.74) is 0.745. The molecule has 0 radical (unpaired) electrons. The first-order valence-electron chi connectivity index (χ1n) is 10.1. The normalized spacial score (nSPS) is 23.7. The third-order valence-electron chi connectivity index (χ3n) is 5.77. The smallest absolute Gasteiger partial charge is 0.229 e. The lowest BCUT2D eigenvalue weighted by Gasteiger charge is -2.32. The number of nitrogens with one attached hydrogen (secondary N) is 1. The van der Waals surface area contributed by atoms with E-state index in [0.29, 0.717) is 6.54 Å². The van der Waals surface area contributed by atoms with Gasteiger partial charge in [-0.15, -0.1) is 0 Å². The number of ether oxygens (including phenoxy) is 1. The Morgan fingerprint density at radius 1 is 0.962 bits per heavy atom. The Hall–Kier alpha value is -2.04. The quantitative estimate of drug-likeness (QED) is 0.877. The van der Waals surface area contributed by atoms with Crippen molar-refractivity contribution in [1.82, 2.24) is 4.90 Å². The van der Waals surface area contributed by atoms with E-state index in [1.165, 1.54) is 12.8 Å². The lowest BCUT2D eigenvalue weighted by atomic mass is 9.96. The number of hydrogen-bond donors (Lipinski definition) is 1. The Morgan fingerprint density at radius 3 is 2.50 bits per heavy atom. The maximum Gasteiger partial charge on any atom is 0.229 e. The number of hydrogen-bond acceptors (Lipinski definition) is 3. The first-order chi connectivity index (χ1) is 12.7. The van der Waals surface area contributed by atoms with Gasteiger partial charge in [0.1, 0.15) is 5.75 Å². The zero-order valence-corrected chi connectivity index (χ0v) is 15.3. The number of nitrogens with zero attached hydrogens (tertiary/aromatic N) is 1. The fourth-order valence-corrected chi connectivity index (χ4v) is 4.07. The van der Waals surface area contributed by atoms with E-state index in [-0.39, 0.29) is 29.8 Å². The molecule has 1 aliphatic heterocycles. The van der Waals surface area contributed by atoms with Gasteiger partial charge in [-0.25, -0.2) is 0 Å². The van der Waals surface area contributed by atoms with Crippen LogP contribution in [0.2, 0.25) is 0 Å². The number of amides is 2. The summed E-state index contributed by atoms with van der Waals surface area (Å²) in [6.45, 7) is 1.34. The largest absolute Gasteiger partial charge is 0.488 e. The van der Waals surface area contributed by atoms with E-state index in [1.54, 1.807) is 0 Å². The number of anilines is 1. The van der Waals surface area contributed by atoms with Gasteiger partial charge in [-0.3, -0.25) is 9.59 Å². The average Bonchev–Trinajstić information content (AvgIpc) is 3.40. The van der Waals surface area contributed by atoms with Crippen LogP contribution in [0.1, 0.15) is 51.4 Å². The minimum Gasteiger partial charge on any atom is -0.488 e. The van der Waals surface area contributed by atoms with Crippen LogP contribution in [0, 0.1) is 11.8 Å². The highest BCUT2D eigenvalue weighted by atomic mass is 16.5. The molecule has 2 saturated carbocycles. The molecule has 1 aromatic rings. The second-order valence-corrected chi connectivity index (χ2v) is 7.91. The van der Waals surface area contributed by atoms with Crippen LogP contribution in [0.4, 0.5) is 5.69 Å². The minimum absolute atomic E-state index is 0.000712. The summed E-state index contributed by atoms with van der Waals surface area (Å²) in [6.07, 6.45) is 8.62. The standard InChI is InChI=1S/C21H28N2O3/c24-20(16-6-5-13-23(14-16)21(25)15-11-12-15)22-18-9-3-4-10-19(18)26-17-7-1-2-8-17/h3-4,9-10,15-17H,1-2,5-8,11-14H2,(H,22,24)/t16-/m0/s1. The van der Waals surface area contributed by atoms with Gasteiger partial charge in [0.15, 0.2) is 0 Å². The molecule has 1 saturated heterocycles. The summed E-state index contributed by atoms with van der Waals surface area (Å²) in [6, 6.07) is 7.69. The predicted molar refractivity (Wildman–Crippen MR) is 100.0 cm³/mol. The van der Waals surface area contributed by atoms with E-state index in [9.17, 15) is 9.59 Å². The fourth-order valence-electron chi connectivity index (χ4n) is 4.07. The maximum absolute atomic E-state index is 12.8. The predicted octanol–water partition coefficient (Wildman–Crippen LogP) is 3.60. The van der Waals surface area contributed by atoms with Gasteiger partial charge in [-0.05, 0) is 63.5 Å². The topological polar surface area (TPSA) is 58.6 Å². The van der Waals surface area contributed by atoms with Gasteiger partial charge in [0.2, 0.25) is 11.8 Å². The Morgan fingerprint density at radius 2 is 1.73 bits per heavy atom. The van der Waals surface area contributed by atoms with Crippen molar-refractivity contribution in [3.05, 3.63) is 24.3 Å². The highest BCUT2D eigenvalue weighted by molar-refractivity contribution is 5.94. The van der Waals surface area contributed by atoms with Gasteiger partial charge in [-0.1, -0.05) is 12.1 Å². The van der Waals surface area contributed by atoms with Crippen molar-refractivity contribution < 1.29 is 14.3 Å². The molecule has 2 amide bonds. The van der Waals surface area contributed by atoms with Crippen molar-refractivity contribution in [1.29, 1.82) is 0 Å². The number of piperidine rings is 1. The molecule has 1 atom stereocenters. The highest BCUT2D eigenvalue weighted by Gasteiger charge is 2.36. The van der Waals surface area contributed by atoms with Crippen molar-refractivity contribution in [2.45, 2.75) is 57.5 Å². The first kappa shape index (κ1) is 17.4. The minimum atomic E-state index is -0.133. The second kappa shape index (κ2) is 7.68. The van der Waals surface area contributed by atoms with Crippen LogP contribution in [-0.2, 0) is 9.59 Å². The van der Waals surface area contributed by atoms with Gasteiger partial charge in [-0.2, -0.15) is 0 Å². The number of para-hydroxylation sites is 2. The fraction of sp³-hybridized carbons (Fsp3) is 0.619. The summed E-state index contributed by atoms with van der Waals surface area (Å²) in [5.74, 6) is 1.09. The van der Waals surface area contributed by atoms with E-state index < -0.39 is 0 Å². The van der Waals surface area contributed by atoms with Gasteiger partial charge < -0.3 is 15.0 Å². The summed E-state index contributed by atoms with van der Waals surface area (Å²) in [5, 5.41) is 3.06. The SMILES string of the molecule is O=C(Nc1ccccc1OC1CCCC1)[C@H]1CCCN(C(=O)C2CC2)C1. The average molecular weight is 356 g/mol. The van der Waals surface area contributed by atoms with Crippen LogP contribution in [0.25, 0.3) is 0 Å². The number of likely N-dealkylation sites (tertiary alicyclic amines) is 1. The lowest BCUT2D eigenvalue weighted by molar-refractivity contribution is -0.135. The van der Waals surface area contributed by atoms with Crippen LogP contribution in [0.3, 0.4) is 0 Å². The molecule has 140 valence electrons. The summed E-state index contributed by atoms with van der Waals surface area (Å²) in [4.78, 5) is 27.0. The third-order valence-corrected chi connectivity index (χ3v) is 5.77. The van der Waals surface area contributed by atoms with Crippen LogP contribution < -0.4 is 10.1 Å². The third kappa shape index (κ3) is 4.02. The molecule has 0 bridgehead atoms. The molecular formula is C21H28N2O3. The van der Waals surface area contributed by atoms with Crippen molar-refractivity contribution in [2.24, 2.45) is 11.8 Å². The Kier molecular flexibility index (Phi) is 5.14. The Balaban J connectivity index is 1.38. The molecular weight excluding hydrogens is 328 g/mol. The van der Waals surface area contributed by atoms with E-state index >= 15 is 0 Å². The number of carbonyl (C=O) groups excluding carboxylic acids is 2. The summed E-state index contributed by atoms with van der Waals surface area (Å²) in [7, 11) is 0. The number of rotatable bonds is 5. The summed E-state index contributed by atoms with van der Waals surface area (Å²) < 4.78 is 6.11. The van der Waals surface area contributed by atoms with Crippen LogP contribution >= 0.6 is 0 Å². The summed E-state index contributed by atoms with van der Waals surface area (Å²) >= 11 is 0. The molecule has 3 aliphatic rings. The second-order valence-electron chi connectivity index (χ2n) is 7.91. The van der Waals surface area contributed by atoms with Crippen LogP contribution in [0.5, 0.6) is 5.75 Å². The molecule has 0 unspecified atom stereocenters. The highest BCUT2D eigenvalue weighted by Crippen LogP contribution is 2.33. The molecule has 4 rings (SSSR count). The Labute approximate surface area is 155 Å². The van der Waals surface area contributed by atoms with Gasteiger partial charge >= 0.3 is 0 Å². The van der Waals surface area contributed by atoms with Crippen molar-refractivity contribution in [2.75, 3.05) is 18.4 Å². The van der Waals surface area contributed by atoms with Crippen LogP contribution in [0.15, 0.2) is 24.3 Å². The molecule has 1 heterocycles. The number of benzene rings is 1. The van der Waals surface area contributed by atoms with E-state index in [2.05, 4.69) is 5.32 Å². The molecule has 26 heavy (non-hydrogen) atoms. The van der Waals surface area contributed by atoms with Crippen molar-refractivity contribution >= 4 is 17.5 Å².